The first-order valence-electron chi connectivity index (χ1n) is 5.02. The lowest BCUT2D eigenvalue weighted by molar-refractivity contribution is 0.0693. The summed E-state index contributed by atoms with van der Waals surface area (Å²) in [5.41, 5.74) is -0.657. The van der Waals surface area contributed by atoms with Crippen LogP contribution in [0.5, 0.6) is 0 Å². The fraction of sp³-hybridized carbons (Fsp3) is 0.500. The highest BCUT2D eigenvalue weighted by Crippen LogP contribution is 2.10. The minimum Gasteiger partial charge on any atom is -0.477 e. The predicted octanol–water partition coefficient (Wildman–Crippen LogP) is 0.668. The summed E-state index contributed by atoms with van der Waals surface area (Å²) in [6.45, 7) is 0.586. The van der Waals surface area contributed by atoms with Gasteiger partial charge in [0.25, 0.3) is 5.56 Å². The highest BCUT2D eigenvalue weighted by molar-refractivity contribution is 5.86. The molecule has 5 heteroatoms. The van der Waals surface area contributed by atoms with Crippen LogP contribution in [0.2, 0.25) is 0 Å². The summed E-state index contributed by atoms with van der Waals surface area (Å²) in [4.78, 5) is 26.5. The fourth-order valence-corrected chi connectivity index (χ4v) is 1.83. The Hall–Kier alpha value is -1.65. The smallest absolute Gasteiger partial charge is 0.342 e. The largest absolute Gasteiger partial charge is 0.477 e. The van der Waals surface area contributed by atoms with Crippen LogP contribution < -0.4 is 5.56 Å². The van der Waals surface area contributed by atoms with Gasteiger partial charge in [-0.2, -0.15) is 0 Å². The zero-order valence-electron chi connectivity index (χ0n) is 8.27. The van der Waals surface area contributed by atoms with E-state index in [4.69, 9.17) is 5.11 Å². The molecule has 0 radical (unpaired) electrons. The van der Waals surface area contributed by atoms with E-state index >= 15 is 0 Å². The van der Waals surface area contributed by atoms with Gasteiger partial charge < -0.3 is 5.11 Å². The zero-order valence-corrected chi connectivity index (χ0v) is 8.27. The third kappa shape index (κ3) is 1.77. The maximum absolute atomic E-state index is 11.7. The zero-order chi connectivity index (χ0) is 10.8. The molecule has 1 N–H and O–H groups in total. The monoisotopic (exact) mass is 208 g/mol. The van der Waals surface area contributed by atoms with Crippen molar-refractivity contribution in [1.29, 1.82) is 0 Å². The summed E-state index contributed by atoms with van der Waals surface area (Å²) >= 11 is 0. The summed E-state index contributed by atoms with van der Waals surface area (Å²) in [5.74, 6) is -0.491. The molecule has 0 aromatic carbocycles. The van der Waals surface area contributed by atoms with Crippen LogP contribution in [0.1, 0.15) is 35.4 Å². The van der Waals surface area contributed by atoms with Crippen molar-refractivity contribution >= 4 is 5.97 Å². The first-order chi connectivity index (χ1) is 7.20. The van der Waals surface area contributed by atoms with Crippen LogP contribution >= 0.6 is 0 Å². The molecule has 0 saturated heterocycles. The molecular weight excluding hydrogens is 196 g/mol. The molecule has 15 heavy (non-hydrogen) atoms. The van der Waals surface area contributed by atoms with E-state index < -0.39 is 11.5 Å². The van der Waals surface area contributed by atoms with Crippen LogP contribution in [-0.4, -0.2) is 20.6 Å². The van der Waals surface area contributed by atoms with Gasteiger partial charge in [0, 0.05) is 19.2 Å². The van der Waals surface area contributed by atoms with Crippen molar-refractivity contribution in [3.8, 4) is 0 Å². The third-order valence-electron chi connectivity index (χ3n) is 2.64. The van der Waals surface area contributed by atoms with Crippen molar-refractivity contribution in [1.82, 2.24) is 9.55 Å². The molecule has 0 fully saturated rings. The van der Waals surface area contributed by atoms with E-state index in [1.165, 1.54) is 10.8 Å². The second kappa shape index (κ2) is 3.84. The number of aromatic nitrogens is 2. The summed E-state index contributed by atoms with van der Waals surface area (Å²) in [6.07, 6.45) is 4.92. The van der Waals surface area contributed by atoms with Gasteiger partial charge in [-0.3, -0.25) is 9.36 Å². The molecule has 0 amide bonds. The number of rotatable bonds is 1. The fourth-order valence-electron chi connectivity index (χ4n) is 1.83. The minimum absolute atomic E-state index is 0.236. The molecule has 0 saturated carbocycles. The summed E-state index contributed by atoms with van der Waals surface area (Å²) in [6, 6.07) is 0. The van der Waals surface area contributed by atoms with Crippen molar-refractivity contribution in [2.24, 2.45) is 0 Å². The number of aryl methyl sites for hydroxylation is 1. The van der Waals surface area contributed by atoms with Crippen LogP contribution in [0.15, 0.2) is 11.0 Å². The lowest BCUT2D eigenvalue weighted by Crippen LogP contribution is -2.29. The lowest BCUT2D eigenvalue weighted by atomic mass is 10.2. The van der Waals surface area contributed by atoms with E-state index in [0.29, 0.717) is 12.4 Å². The first kappa shape index (κ1) is 9.89. The third-order valence-corrected chi connectivity index (χ3v) is 2.64. The number of carboxylic acids is 1. The Kier molecular flexibility index (Phi) is 2.53. The van der Waals surface area contributed by atoms with E-state index in [9.17, 15) is 9.59 Å². The van der Waals surface area contributed by atoms with Gasteiger partial charge in [0.05, 0.1) is 0 Å². The topological polar surface area (TPSA) is 72.2 Å². The van der Waals surface area contributed by atoms with E-state index in [1.54, 1.807) is 0 Å². The Morgan fingerprint density at radius 3 is 2.93 bits per heavy atom. The van der Waals surface area contributed by atoms with E-state index in [2.05, 4.69) is 4.98 Å². The number of nitrogens with zero attached hydrogens (tertiary/aromatic N) is 2. The van der Waals surface area contributed by atoms with Gasteiger partial charge in [0.2, 0.25) is 0 Å². The molecule has 0 atom stereocenters. The summed E-state index contributed by atoms with van der Waals surface area (Å²) in [5, 5.41) is 8.78. The van der Waals surface area contributed by atoms with Crippen LogP contribution in [-0.2, 0) is 13.0 Å². The van der Waals surface area contributed by atoms with Crippen LogP contribution in [0.4, 0.5) is 0 Å². The maximum atomic E-state index is 11.7. The molecule has 0 spiro atoms. The number of hydrogen-bond donors (Lipinski definition) is 1. The van der Waals surface area contributed by atoms with E-state index in [-0.39, 0.29) is 5.56 Å². The average molecular weight is 208 g/mol. The summed E-state index contributed by atoms with van der Waals surface area (Å²) in [7, 11) is 0. The van der Waals surface area contributed by atoms with Crippen LogP contribution in [0.25, 0.3) is 0 Å². The Morgan fingerprint density at radius 2 is 2.20 bits per heavy atom. The van der Waals surface area contributed by atoms with Gasteiger partial charge >= 0.3 is 5.97 Å². The molecule has 1 aliphatic heterocycles. The molecular formula is C10H12N2O3. The molecule has 2 rings (SSSR count). The second-order valence-electron chi connectivity index (χ2n) is 3.66. The Bertz CT molecular complexity index is 450. The molecule has 2 heterocycles. The molecule has 1 aliphatic rings. The molecule has 0 unspecified atom stereocenters. The first-order valence-corrected chi connectivity index (χ1v) is 5.02. The maximum Gasteiger partial charge on any atom is 0.342 e. The van der Waals surface area contributed by atoms with Crippen molar-refractivity contribution in [3.05, 3.63) is 27.9 Å². The average Bonchev–Trinajstić information content (AvgIpc) is 2.43. The van der Waals surface area contributed by atoms with Gasteiger partial charge in [-0.15, -0.1) is 0 Å². The normalized spacial score (nSPS) is 15.5. The molecule has 0 bridgehead atoms. The number of carboxylic acid groups (broad SMARTS) is 1. The van der Waals surface area contributed by atoms with Gasteiger partial charge in [0.1, 0.15) is 11.4 Å². The predicted molar refractivity (Wildman–Crippen MR) is 53.0 cm³/mol. The van der Waals surface area contributed by atoms with Gasteiger partial charge in [-0.1, -0.05) is 6.42 Å². The van der Waals surface area contributed by atoms with Crippen molar-refractivity contribution in [2.75, 3.05) is 0 Å². The molecule has 80 valence electrons. The van der Waals surface area contributed by atoms with E-state index in [0.717, 1.165) is 25.7 Å². The number of fused-ring (bicyclic) bond motifs is 1. The Balaban J connectivity index is 2.56. The number of carbonyl (C=O) groups is 1. The summed E-state index contributed by atoms with van der Waals surface area (Å²) < 4.78 is 1.50. The Labute approximate surface area is 86.4 Å². The van der Waals surface area contributed by atoms with Gasteiger partial charge in [-0.25, -0.2) is 9.78 Å². The highest BCUT2D eigenvalue weighted by Gasteiger charge is 2.16. The van der Waals surface area contributed by atoms with Gasteiger partial charge in [-0.05, 0) is 12.8 Å². The quantitative estimate of drug-likeness (QED) is 0.736. The van der Waals surface area contributed by atoms with Gasteiger partial charge in [0.15, 0.2) is 0 Å². The van der Waals surface area contributed by atoms with Crippen LogP contribution in [0, 0.1) is 0 Å². The minimum atomic E-state index is -1.20. The van der Waals surface area contributed by atoms with E-state index in [1.807, 2.05) is 0 Å². The molecule has 5 nitrogen and oxygen atoms in total. The van der Waals surface area contributed by atoms with Crippen molar-refractivity contribution in [2.45, 2.75) is 32.2 Å². The number of hydrogen-bond acceptors (Lipinski definition) is 3. The molecule has 1 aromatic rings. The molecule has 0 aliphatic carbocycles. The van der Waals surface area contributed by atoms with Crippen molar-refractivity contribution < 1.29 is 9.90 Å². The molecule has 1 aromatic heterocycles. The van der Waals surface area contributed by atoms with Crippen molar-refractivity contribution in [3.63, 3.8) is 0 Å². The Morgan fingerprint density at radius 1 is 1.40 bits per heavy atom. The van der Waals surface area contributed by atoms with Crippen LogP contribution in [0.3, 0.4) is 0 Å². The standard InChI is InChI=1S/C10H12N2O3/c13-9-7(10(14)15)6-11-8-4-2-1-3-5-12(8)9/h6H,1-5H2,(H,14,15). The number of aromatic carboxylic acids is 1. The highest BCUT2D eigenvalue weighted by atomic mass is 16.4. The SMILES string of the molecule is O=C(O)c1cnc2n(c1=O)CCCCC2. The second-order valence-corrected chi connectivity index (χ2v) is 3.66. The lowest BCUT2D eigenvalue weighted by Gasteiger charge is -2.07.